The van der Waals surface area contributed by atoms with Crippen LogP contribution in [0.1, 0.15) is 15.9 Å². The first-order chi connectivity index (χ1) is 11.4. The number of fused-ring (bicyclic) bond motifs is 1. The van der Waals surface area contributed by atoms with Gasteiger partial charge in [-0.25, -0.2) is 8.42 Å². The third-order valence-electron chi connectivity index (χ3n) is 3.51. The zero-order chi connectivity index (χ0) is 17.3. The molecule has 0 atom stereocenters. The van der Waals surface area contributed by atoms with Gasteiger partial charge in [-0.15, -0.1) is 0 Å². The Kier molecular flexibility index (Phi) is 4.06. The van der Waals surface area contributed by atoms with Gasteiger partial charge in [0.1, 0.15) is 13.2 Å². The molecule has 0 saturated heterocycles. The molecular formula is C16H14NO6S-. The Morgan fingerprint density at radius 1 is 1.08 bits per heavy atom. The van der Waals surface area contributed by atoms with Gasteiger partial charge in [0.25, 0.3) is 10.0 Å². The average Bonchev–Trinajstić information content (AvgIpc) is 2.54. The van der Waals surface area contributed by atoms with Crippen LogP contribution in [0.5, 0.6) is 11.5 Å². The summed E-state index contributed by atoms with van der Waals surface area (Å²) in [5, 5.41) is 11.0. The first kappa shape index (κ1) is 16.1. The molecule has 2 aromatic carbocycles. The number of carbonyl (C=O) groups is 1. The molecule has 0 saturated carbocycles. The second-order valence-corrected chi connectivity index (χ2v) is 6.88. The van der Waals surface area contributed by atoms with Crippen molar-refractivity contribution in [3.05, 3.63) is 47.5 Å². The molecule has 2 aromatic rings. The molecule has 24 heavy (non-hydrogen) atoms. The molecule has 3 rings (SSSR count). The Morgan fingerprint density at radius 3 is 2.50 bits per heavy atom. The van der Waals surface area contributed by atoms with E-state index in [1.165, 1.54) is 18.2 Å². The van der Waals surface area contributed by atoms with Gasteiger partial charge in [-0.3, -0.25) is 4.72 Å². The summed E-state index contributed by atoms with van der Waals surface area (Å²) in [6.07, 6.45) is 0. The highest BCUT2D eigenvalue weighted by molar-refractivity contribution is 7.92. The number of anilines is 1. The zero-order valence-electron chi connectivity index (χ0n) is 12.7. The standard InChI is InChI=1S/C16H15NO6S/c1-10-2-3-11(16(18)19)8-15(10)24(20,21)17-12-4-5-13-14(9-12)23-7-6-22-13/h2-5,8-9,17H,6-7H2,1H3,(H,18,19)/p-1. The fourth-order valence-corrected chi connectivity index (χ4v) is 3.65. The van der Waals surface area contributed by atoms with Crippen LogP contribution >= 0.6 is 0 Å². The summed E-state index contributed by atoms with van der Waals surface area (Å²) in [6, 6.07) is 8.46. The molecule has 1 aliphatic heterocycles. The summed E-state index contributed by atoms with van der Waals surface area (Å²) in [7, 11) is -3.96. The number of ether oxygens (including phenoxy) is 2. The Hall–Kier alpha value is -2.74. The number of sulfonamides is 1. The summed E-state index contributed by atoms with van der Waals surface area (Å²) in [4.78, 5) is 10.8. The quantitative estimate of drug-likeness (QED) is 0.881. The predicted octanol–water partition coefficient (Wildman–Crippen LogP) is 0.931. The molecule has 1 heterocycles. The largest absolute Gasteiger partial charge is 0.545 e. The van der Waals surface area contributed by atoms with Crippen molar-refractivity contribution in [2.24, 2.45) is 0 Å². The van der Waals surface area contributed by atoms with E-state index >= 15 is 0 Å². The maximum Gasteiger partial charge on any atom is 0.262 e. The third-order valence-corrected chi connectivity index (χ3v) is 5.03. The second-order valence-electron chi connectivity index (χ2n) is 5.23. The molecule has 0 aromatic heterocycles. The number of aryl methyl sites for hydroxylation is 1. The summed E-state index contributed by atoms with van der Waals surface area (Å²) < 4.78 is 38.3. The third kappa shape index (κ3) is 3.13. The number of carboxylic acids is 1. The van der Waals surface area contributed by atoms with Gasteiger partial charge in [-0.1, -0.05) is 12.1 Å². The van der Waals surface area contributed by atoms with E-state index in [0.717, 1.165) is 6.07 Å². The molecule has 8 heteroatoms. The molecule has 0 radical (unpaired) electrons. The van der Waals surface area contributed by atoms with E-state index in [1.54, 1.807) is 19.1 Å². The van der Waals surface area contributed by atoms with Crippen LogP contribution in [-0.2, 0) is 10.0 Å². The van der Waals surface area contributed by atoms with Crippen LogP contribution in [0.15, 0.2) is 41.3 Å². The fourth-order valence-electron chi connectivity index (χ4n) is 2.33. The van der Waals surface area contributed by atoms with E-state index in [1.807, 2.05) is 0 Å². The van der Waals surface area contributed by atoms with Gasteiger partial charge >= 0.3 is 0 Å². The van der Waals surface area contributed by atoms with Gasteiger partial charge < -0.3 is 19.4 Å². The number of rotatable bonds is 4. The highest BCUT2D eigenvalue weighted by Gasteiger charge is 2.19. The Labute approximate surface area is 138 Å². The Balaban J connectivity index is 1.94. The minimum Gasteiger partial charge on any atom is -0.545 e. The maximum atomic E-state index is 12.6. The molecule has 1 aliphatic rings. The van der Waals surface area contributed by atoms with Crippen LogP contribution in [0.25, 0.3) is 0 Å². The summed E-state index contributed by atoms with van der Waals surface area (Å²) in [6.45, 7) is 2.40. The van der Waals surface area contributed by atoms with E-state index in [2.05, 4.69) is 4.72 Å². The monoisotopic (exact) mass is 348 g/mol. The number of aromatic carboxylic acids is 1. The molecule has 0 spiro atoms. The Morgan fingerprint density at radius 2 is 1.79 bits per heavy atom. The van der Waals surface area contributed by atoms with E-state index in [4.69, 9.17) is 9.47 Å². The van der Waals surface area contributed by atoms with Gasteiger partial charge in [0.15, 0.2) is 11.5 Å². The average molecular weight is 348 g/mol. The van der Waals surface area contributed by atoms with Crippen LogP contribution in [-0.4, -0.2) is 27.6 Å². The van der Waals surface area contributed by atoms with Crippen LogP contribution in [0, 0.1) is 6.92 Å². The van der Waals surface area contributed by atoms with E-state index in [9.17, 15) is 18.3 Å². The van der Waals surface area contributed by atoms with E-state index < -0.39 is 16.0 Å². The number of benzene rings is 2. The van der Waals surface area contributed by atoms with Gasteiger partial charge in [0.05, 0.1) is 16.6 Å². The molecule has 0 aliphatic carbocycles. The fraction of sp³-hybridized carbons (Fsp3) is 0.188. The molecule has 0 bridgehead atoms. The number of hydrogen-bond acceptors (Lipinski definition) is 6. The SMILES string of the molecule is Cc1ccc(C(=O)[O-])cc1S(=O)(=O)Nc1ccc2c(c1)OCCO2. The van der Waals surface area contributed by atoms with E-state index in [0.29, 0.717) is 30.3 Å². The molecular weight excluding hydrogens is 334 g/mol. The zero-order valence-corrected chi connectivity index (χ0v) is 13.6. The van der Waals surface area contributed by atoms with Crippen molar-refractivity contribution in [1.29, 1.82) is 0 Å². The van der Waals surface area contributed by atoms with Crippen molar-refractivity contribution < 1.29 is 27.8 Å². The minimum atomic E-state index is -3.96. The van der Waals surface area contributed by atoms with Gasteiger partial charge in [0, 0.05) is 6.07 Å². The lowest BCUT2D eigenvalue weighted by molar-refractivity contribution is -0.255. The first-order valence-corrected chi connectivity index (χ1v) is 8.59. The normalized spacial score (nSPS) is 13.4. The number of hydrogen-bond donors (Lipinski definition) is 1. The predicted molar refractivity (Wildman–Crippen MR) is 83.8 cm³/mol. The second kappa shape index (κ2) is 6.04. The lowest BCUT2D eigenvalue weighted by Crippen LogP contribution is -2.23. The molecule has 126 valence electrons. The van der Waals surface area contributed by atoms with Crippen molar-refractivity contribution in [2.75, 3.05) is 17.9 Å². The molecule has 0 unspecified atom stereocenters. The molecule has 0 amide bonds. The lowest BCUT2D eigenvalue weighted by Gasteiger charge is -2.19. The highest BCUT2D eigenvalue weighted by Crippen LogP contribution is 2.33. The van der Waals surface area contributed by atoms with Crippen molar-refractivity contribution >= 4 is 21.7 Å². The van der Waals surface area contributed by atoms with Crippen LogP contribution in [0.3, 0.4) is 0 Å². The van der Waals surface area contributed by atoms with Gasteiger partial charge in [-0.05, 0) is 36.2 Å². The lowest BCUT2D eigenvalue weighted by atomic mass is 10.1. The molecule has 7 nitrogen and oxygen atoms in total. The number of carbonyl (C=O) groups excluding carboxylic acids is 1. The summed E-state index contributed by atoms with van der Waals surface area (Å²) in [5.41, 5.74) is 0.505. The van der Waals surface area contributed by atoms with Crippen LogP contribution < -0.4 is 19.3 Å². The van der Waals surface area contributed by atoms with Gasteiger partial charge in [-0.2, -0.15) is 0 Å². The Bertz CT molecular complexity index is 907. The van der Waals surface area contributed by atoms with Crippen LogP contribution in [0.2, 0.25) is 0 Å². The first-order valence-electron chi connectivity index (χ1n) is 7.11. The smallest absolute Gasteiger partial charge is 0.262 e. The minimum absolute atomic E-state index is 0.126. The van der Waals surface area contributed by atoms with Crippen LogP contribution in [0.4, 0.5) is 5.69 Å². The molecule has 1 N–H and O–H groups in total. The maximum absolute atomic E-state index is 12.6. The number of carboxylic acid groups (broad SMARTS) is 1. The summed E-state index contributed by atoms with van der Waals surface area (Å²) >= 11 is 0. The van der Waals surface area contributed by atoms with Crippen molar-refractivity contribution in [1.82, 2.24) is 0 Å². The highest BCUT2D eigenvalue weighted by atomic mass is 32.2. The van der Waals surface area contributed by atoms with Crippen molar-refractivity contribution in [3.63, 3.8) is 0 Å². The van der Waals surface area contributed by atoms with Gasteiger partial charge in [0.2, 0.25) is 0 Å². The number of nitrogens with one attached hydrogen (secondary N) is 1. The van der Waals surface area contributed by atoms with E-state index in [-0.39, 0.29) is 16.1 Å². The topological polar surface area (TPSA) is 105 Å². The summed E-state index contributed by atoms with van der Waals surface area (Å²) in [5.74, 6) is -0.452. The van der Waals surface area contributed by atoms with Crippen molar-refractivity contribution in [2.45, 2.75) is 11.8 Å². The van der Waals surface area contributed by atoms with Crippen molar-refractivity contribution in [3.8, 4) is 11.5 Å². The molecule has 0 fully saturated rings.